The van der Waals surface area contributed by atoms with Crippen LogP contribution >= 0.6 is 0 Å². The van der Waals surface area contributed by atoms with Crippen LogP contribution in [0.1, 0.15) is 84.0 Å². The van der Waals surface area contributed by atoms with Gasteiger partial charge >= 0.3 is 0 Å². The molecule has 0 bridgehead atoms. The number of carbonyl (C=O) groups is 2. The molecule has 8 nitrogen and oxygen atoms in total. The van der Waals surface area contributed by atoms with Gasteiger partial charge in [-0.3, -0.25) is 9.59 Å². The van der Waals surface area contributed by atoms with Gasteiger partial charge in [-0.25, -0.2) is 0 Å². The van der Waals surface area contributed by atoms with E-state index in [0.717, 1.165) is 16.7 Å². The number of nitroso groups, excluding NO2 is 1. The number of benzene rings is 3. The van der Waals surface area contributed by atoms with Gasteiger partial charge in [0.05, 0.1) is 24.8 Å². The zero-order valence-electron chi connectivity index (χ0n) is 26.9. The average Bonchev–Trinajstić information content (AvgIpc) is 3.00. The average molecular weight is 602 g/mol. The summed E-state index contributed by atoms with van der Waals surface area (Å²) in [6.07, 6.45) is 1.10. The van der Waals surface area contributed by atoms with Crippen LogP contribution in [0.25, 0.3) is 0 Å². The Morgan fingerprint density at radius 3 is 1.98 bits per heavy atom. The molecule has 2 N–H and O–H groups in total. The fourth-order valence-corrected chi connectivity index (χ4v) is 5.65. The summed E-state index contributed by atoms with van der Waals surface area (Å²) in [5.74, 6) is -0.396. The van der Waals surface area contributed by atoms with E-state index >= 15 is 0 Å². The number of nitrogens with zero attached hydrogens (tertiary/aromatic N) is 3. The smallest absolute Gasteiger partial charge is 0.254 e. The Morgan fingerprint density at radius 1 is 0.773 bits per heavy atom. The number of hydrogen-bond acceptors (Lipinski definition) is 6. The normalized spacial score (nSPS) is 12.5. The highest BCUT2D eigenvalue weighted by Crippen LogP contribution is 2.30. The Morgan fingerprint density at radius 2 is 1.36 bits per heavy atom. The van der Waals surface area contributed by atoms with Crippen LogP contribution in [0.2, 0.25) is 0 Å². The van der Waals surface area contributed by atoms with Crippen molar-refractivity contribution in [2.45, 2.75) is 77.9 Å². The molecule has 0 fully saturated rings. The highest BCUT2D eigenvalue weighted by atomic mass is 16.3. The van der Waals surface area contributed by atoms with E-state index in [1.165, 1.54) is 0 Å². The van der Waals surface area contributed by atoms with Crippen molar-refractivity contribution >= 4 is 11.8 Å². The largest absolute Gasteiger partial charge is 0.395 e. The lowest BCUT2D eigenvalue weighted by molar-refractivity contribution is 0.0478. The van der Waals surface area contributed by atoms with Gasteiger partial charge in [-0.05, 0) is 89.6 Å². The molecule has 236 valence electrons. The number of aliphatic hydroxyl groups excluding tert-OH is 2. The highest BCUT2D eigenvalue weighted by Gasteiger charge is 2.34. The van der Waals surface area contributed by atoms with E-state index in [2.05, 4.69) is 5.18 Å². The Hall–Kier alpha value is -3.88. The first-order valence-electron chi connectivity index (χ1n) is 15.3. The molecule has 1 unspecified atom stereocenters. The standard InChI is InChI=1S/C36H47N3O5/c1-26-16-17-27(32(24-26)34(43)38(20-22-40)35(2,3)4)18-19-30(37-44)25-28-12-10-11-15-31(28)33(42)39(21-23-41)36(5,6)29-13-8-7-9-14-29/h7-17,24,30,40-41H,18-23,25H2,1-6H3. The Kier molecular flexibility index (Phi) is 12.0. The van der Waals surface area contributed by atoms with E-state index in [1.807, 2.05) is 102 Å². The molecule has 2 amide bonds. The molecule has 0 heterocycles. The molecule has 3 aromatic rings. The zero-order chi connectivity index (χ0) is 32.5. The minimum atomic E-state index is -0.693. The zero-order valence-corrected chi connectivity index (χ0v) is 26.9. The van der Waals surface area contributed by atoms with Crippen LogP contribution in [0, 0.1) is 11.8 Å². The lowest BCUT2D eigenvalue weighted by Crippen LogP contribution is -2.47. The second-order valence-corrected chi connectivity index (χ2v) is 12.8. The summed E-state index contributed by atoms with van der Waals surface area (Å²) in [6.45, 7) is 11.7. The molecule has 0 aliphatic carbocycles. The summed E-state index contributed by atoms with van der Waals surface area (Å²) in [5.41, 5.74) is 3.24. The lowest BCUT2D eigenvalue weighted by Gasteiger charge is -2.39. The van der Waals surface area contributed by atoms with Crippen LogP contribution in [0.4, 0.5) is 0 Å². The molecule has 0 aliphatic heterocycles. The number of rotatable bonds is 14. The van der Waals surface area contributed by atoms with Gasteiger partial charge in [0.15, 0.2) is 0 Å². The molecule has 3 aromatic carbocycles. The van der Waals surface area contributed by atoms with Crippen LogP contribution in [-0.4, -0.2) is 69.7 Å². The van der Waals surface area contributed by atoms with E-state index in [9.17, 15) is 24.7 Å². The van der Waals surface area contributed by atoms with Crippen LogP contribution in [0.15, 0.2) is 78.0 Å². The Balaban J connectivity index is 1.86. The quantitative estimate of drug-likeness (QED) is 0.223. The maximum absolute atomic E-state index is 14.0. The van der Waals surface area contributed by atoms with Gasteiger partial charge in [0, 0.05) is 29.8 Å². The summed E-state index contributed by atoms with van der Waals surface area (Å²) in [7, 11) is 0. The number of amides is 2. The van der Waals surface area contributed by atoms with Crippen LogP contribution in [-0.2, 0) is 18.4 Å². The number of hydrogen-bond donors (Lipinski definition) is 2. The third-order valence-electron chi connectivity index (χ3n) is 8.20. The van der Waals surface area contributed by atoms with Crippen molar-refractivity contribution in [3.05, 3.63) is 111 Å². The van der Waals surface area contributed by atoms with Crippen molar-refractivity contribution in [1.82, 2.24) is 9.80 Å². The third kappa shape index (κ3) is 8.39. The van der Waals surface area contributed by atoms with Gasteiger partial charge in [0.25, 0.3) is 11.8 Å². The second kappa shape index (κ2) is 15.2. The first-order valence-corrected chi connectivity index (χ1v) is 15.3. The van der Waals surface area contributed by atoms with E-state index in [1.54, 1.807) is 21.9 Å². The molecule has 0 spiro atoms. The molecule has 0 radical (unpaired) electrons. The molecule has 0 saturated carbocycles. The molecule has 44 heavy (non-hydrogen) atoms. The van der Waals surface area contributed by atoms with Gasteiger partial charge < -0.3 is 20.0 Å². The minimum absolute atomic E-state index is 0.141. The van der Waals surface area contributed by atoms with E-state index in [-0.39, 0.29) is 44.5 Å². The van der Waals surface area contributed by atoms with Crippen molar-refractivity contribution in [3.63, 3.8) is 0 Å². The Bertz CT molecular complexity index is 1410. The maximum atomic E-state index is 14.0. The monoisotopic (exact) mass is 601 g/mol. The summed E-state index contributed by atoms with van der Waals surface area (Å²) >= 11 is 0. The van der Waals surface area contributed by atoms with E-state index in [4.69, 9.17) is 0 Å². The van der Waals surface area contributed by atoms with Gasteiger partial charge in [0.2, 0.25) is 0 Å². The van der Waals surface area contributed by atoms with Gasteiger partial charge in [0.1, 0.15) is 0 Å². The van der Waals surface area contributed by atoms with Gasteiger partial charge in [-0.15, -0.1) is 0 Å². The van der Waals surface area contributed by atoms with Crippen LogP contribution < -0.4 is 0 Å². The number of aliphatic hydroxyl groups is 2. The number of carbonyl (C=O) groups excluding carboxylic acids is 2. The van der Waals surface area contributed by atoms with E-state index in [0.29, 0.717) is 29.5 Å². The summed E-state index contributed by atoms with van der Waals surface area (Å²) < 4.78 is 0. The SMILES string of the molecule is Cc1ccc(CCC(Cc2ccccc2C(=O)N(CCO)C(C)(C)c2ccccc2)N=O)c(C(=O)N(CCO)C(C)(C)C)c1. The fourth-order valence-electron chi connectivity index (χ4n) is 5.65. The van der Waals surface area contributed by atoms with Crippen molar-refractivity contribution in [3.8, 4) is 0 Å². The first-order chi connectivity index (χ1) is 20.8. The van der Waals surface area contributed by atoms with Crippen molar-refractivity contribution < 1.29 is 19.8 Å². The number of aryl methyl sites for hydroxylation is 2. The Labute approximate surface area is 261 Å². The molecule has 1 atom stereocenters. The molecule has 0 aromatic heterocycles. The van der Waals surface area contributed by atoms with Crippen molar-refractivity contribution in [1.29, 1.82) is 0 Å². The summed E-state index contributed by atoms with van der Waals surface area (Å²) in [5, 5.41) is 22.9. The van der Waals surface area contributed by atoms with Gasteiger partial charge in [-0.1, -0.05) is 71.4 Å². The second-order valence-electron chi connectivity index (χ2n) is 12.8. The maximum Gasteiger partial charge on any atom is 0.254 e. The summed E-state index contributed by atoms with van der Waals surface area (Å²) in [4.78, 5) is 43.1. The fraction of sp³-hybridized carbons (Fsp3) is 0.444. The molecular formula is C36H47N3O5. The molecule has 8 heteroatoms. The molecular weight excluding hydrogens is 554 g/mol. The van der Waals surface area contributed by atoms with Crippen LogP contribution in [0.5, 0.6) is 0 Å². The molecule has 3 rings (SSSR count). The molecule has 0 aliphatic rings. The highest BCUT2D eigenvalue weighted by molar-refractivity contribution is 5.97. The van der Waals surface area contributed by atoms with Crippen molar-refractivity contribution in [2.75, 3.05) is 26.3 Å². The third-order valence-corrected chi connectivity index (χ3v) is 8.20. The van der Waals surface area contributed by atoms with E-state index < -0.39 is 17.1 Å². The lowest BCUT2D eigenvalue weighted by atomic mass is 9.90. The first kappa shape index (κ1) is 34.6. The minimum Gasteiger partial charge on any atom is -0.395 e. The topological polar surface area (TPSA) is 111 Å². The predicted octanol–water partition coefficient (Wildman–Crippen LogP) is 5.91. The summed E-state index contributed by atoms with van der Waals surface area (Å²) in [6, 6.07) is 22.0. The van der Waals surface area contributed by atoms with Crippen LogP contribution in [0.3, 0.4) is 0 Å². The van der Waals surface area contributed by atoms with Crippen molar-refractivity contribution in [2.24, 2.45) is 5.18 Å². The number of β-amino-alcohol motifs (C(OH)–C–C–N with tert-alkyl or cyclic N) is 1. The van der Waals surface area contributed by atoms with Gasteiger partial charge in [-0.2, -0.15) is 4.91 Å². The predicted molar refractivity (Wildman–Crippen MR) is 175 cm³/mol. The molecule has 0 saturated heterocycles.